The quantitative estimate of drug-likeness (QED) is 0.711. The maximum atomic E-state index is 4.32. The molecule has 0 fully saturated rings. The molecule has 0 aliphatic rings. The third-order valence-electron chi connectivity index (χ3n) is 2.30. The molecule has 0 unspecified atom stereocenters. The molecule has 0 amide bonds. The Kier molecular flexibility index (Phi) is 3.40. The zero-order chi connectivity index (χ0) is 9.84. The lowest BCUT2D eigenvalue weighted by molar-refractivity contribution is 0.777. The Bertz CT molecular complexity index is 257. The summed E-state index contributed by atoms with van der Waals surface area (Å²) in [7, 11) is 0. The summed E-state index contributed by atoms with van der Waals surface area (Å²) >= 11 is 0. The second-order valence-corrected chi connectivity index (χ2v) is 3.54. The van der Waals surface area contributed by atoms with Crippen LogP contribution in [0.25, 0.3) is 0 Å². The molecule has 72 valence electrons. The van der Waals surface area contributed by atoms with Gasteiger partial charge in [-0.25, -0.2) is 9.97 Å². The summed E-state index contributed by atoms with van der Waals surface area (Å²) in [5.41, 5.74) is 3.77. The second kappa shape index (κ2) is 4.35. The van der Waals surface area contributed by atoms with Crippen molar-refractivity contribution in [2.45, 2.75) is 46.5 Å². The Morgan fingerprint density at radius 3 is 1.85 bits per heavy atom. The lowest BCUT2D eigenvalue weighted by Crippen LogP contribution is -2.05. The van der Waals surface area contributed by atoms with Gasteiger partial charge < -0.3 is 0 Å². The largest absolute Gasteiger partial charge is 0.241 e. The van der Waals surface area contributed by atoms with Crippen molar-refractivity contribution >= 4 is 0 Å². The van der Waals surface area contributed by atoms with Gasteiger partial charge in [0.1, 0.15) is 6.33 Å². The summed E-state index contributed by atoms with van der Waals surface area (Å²) in [5, 5.41) is 0. The molecule has 2 nitrogen and oxygen atoms in total. The summed E-state index contributed by atoms with van der Waals surface area (Å²) in [6.07, 6.45) is 3.69. The maximum absolute atomic E-state index is 4.32. The fraction of sp³-hybridized carbons (Fsp3) is 0.636. The Labute approximate surface area is 80.4 Å². The van der Waals surface area contributed by atoms with Gasteiger partial charge in [0.15, 0.2) is 0 Å². The molecule has 0 spiro atoms. The fourth-order valence-electron chi connectivity index (χ4n) is 1.70. The number of aryl methyl sites for hydroxylation is 2. The zero-order valence-corrected chi connectivity index (χ0v) is 8.96. The van der Waals surface area contributed by atoms with Crippen LogP contribution in [0.1, 0.15) is 50.6 Å². The van der Waals surface area contributed by atoms with Gasteiger partial charge in [-0.05, 0) is 24.3 Å². The zero-order valence-electron chi connectivity index (χ0n) is 8.96. The van der Waals surface area contributed by atoms with Crippen LogP contribution in [-0.4, -0.2) is 9.97 Å². The predicted molar refractivity (Wildman–Crippen MR) is 54.9 cm³/mol. The Morgan fingerprint density at radius 2 is 1.54 bits per heavy atom. The van der Waals surface area contributed by atoms with E-state index in [1.807, 2.05) is 0 Å². The number of hydrogen-bond donors (Lipinski definition) is 0. The SMILES string of the molecule is CCc1ncnc(CC)c1C(C)C. The molecule has 1 heterocycles. The maximum Gasteiger partial charge on any atom is 0.115 e. The predicted octanol–water partition coefficient (Wildman–Crippen LogP) is 2.72. The lowest BCUT2D eigenvalue weighted by atomic mass is 9.97. The molecular weight excluding hydrogens is 160 g/mol. The molecule has 0 N–H and O–H groups in total. The van der Waals surface area contributed by atoms with E-state index in [0.717, 1.165) is 12.8 Å². The van der Waals surface area contributed by atoms with E-state index < -0.39 is 0 Å². The van der Waals surface area contributed by atoms with Gasteiger partial charge in [0.2, 0.25) is 0 Å². The van der Waals surface area contributed by atoms with Gasteiger partial charge >= 0.3 is 0 Å². The average Bonchev–Trinajstić information content (AvgIpc) is 2.16. The summed E-state index contributed by atoms with van der Waals surface area (Å²) < 4.78 is 0. The highest BCUT2D eigenvalue weighted by molar-refractivity contribution is 5.27. The van der Waals surface area contributed by atoms with Crippen molar-refractivity contribution in [3.63, 3.8) is 0 Å². The van der Waals surface area contributed by atoms with Gasteiger partial charge in [-0.1, -0.05) is 27.7 Å². The fourth-order valence-corrected chi connectivity index (χ4v) is 1.70. The van der Waals surface area contributed by atoms with Gasteiger partial charge in [0.05, 0.1) is 0 Å². The van der Waals surface area contributed by atoms with Gasteiger partial charge in [-0.3, -0.25) is 0 Å². The third-order valence-corrected chi connectivity index (χ3v) is 2.30. The van der Waals surface area contributed by atoms with E-state index in [1.165, 1.54) is 17.0 Å². The molecule has 0 bridgehead atoms. The summed E-state index contributed by atoms with van der Waals surface area (Å²) in [5.74, 6) is 0.533. The van der Waals surface area contributed by atoms with E-state index in [4.69, 9.17) is 0 Å². The molecule has 1 rings (SSSR count). The smallest absolute Gasteiger partial charge is 0.115 e. The number of rotatable bonds is 3. The molecular formula is C11H18N2. The lowest BCUT2D eigenvalue weighted by Gasteiger charge is -2.13. The van der Waals surface area contributed by atoms with Crippen molar-refractivity contribution in [3.8, 4) is 0 Å². The molecule has 0 saturated heterocycles. The number of aromatic nitrogens is 2. The van der Waals surface area contributed by atoms with Crippen LogP contribution < -0.4 is 0 Å². The molecule has 1 aromatic rings. The van der Waals surface area contributed by atoms with Crippen molar-refractivity contribution in [2.24, 2.45) is 0 Å². The van der Waals surface area contributed by atoms with Gasteiger partial charge in [0.25, 0.3) is 0 Å². The molecule has 0 saturated carbocycles. The highest BCUT2D eigenvalue weighted by Gasteiger charge is 2.11. The van der Waals surface area contributed by atoms with Crippen LogP contribution in [0.15, 0.2) is 6.33 Å². The van der Waals surface area contributed by atoms with Crippen molar-refractivity contribution in [1.29, 1.82) is 0 Å². The van der Waals surface area contributed by atoms with E-state index >= 15 is 0 Å². The van der Waals surface area contributed by atoms with Gasteiger partial charge in [-0.2, -0.15) is 0 Å². The molecule has 0 aliphatic heterocycles. The van der Waals surface area contributed by atoms with Crippen molar-refractivity contribution in [3.05, 3.63) is 23.3 Å². The molecule has 0 aliphatic carbocycles. The van der Waals surface area contributed by atoms with Gasteiger partial charge in [-0.15, -0.1) is 0 Å². The first kappa shape index (κ1) is 10.2. The van der Waals surface area contributed by atoms with Crippen molar-refractivity contribution in [1.82, 2.24) is 9.97 Å². The molecule has 2 heteroatoms. The molecule has 0 atom stereocenters. The molecule has 0 aromatic carbocycles. The number of hydrogen-bond acceptors (Lipinski definition) is 2. The minimum Gasteiger partial charge on any atom is -0.241 e. The Balaban J connectivity index is 3.21. The van der Waals surface area contributed by atoms with Crippen LogP contribution in [0.2, 0.25) is 0 Å². The van der Waals surface area contributed by atoms with E-state index in [2.05, 4.69) is 37.7 Å². The average molecular weight is 178 g/mol. The topological polar surface area (TPSA) is 25.8 Å². The molecule has 13 heavy (non-hydrogen) atoms. The van der Waals surface area contributed by atoms with E-state index in [1.54, 1.807) is 6.33 Å². The summed E-state index contributed by atoms with van der Waals surface area (Å²) in [6.45, 7) is 8.70. The second-order valence-electron chi connectivity index (χ2n) is 3.54. The Morgan fingerprint density at radius 1 is 1.08 bits per heavy atom. The van der Waals surface area contributed by atoms with Crippen LogP contribution in [0.3, 0.4) is 0 Å². The van der Waals surface area contributed by atoms with Crippen LogP contribution >= 0.6 is 0 Å². The molecule has 0 radical (unpaired) electrons. The normalized spacial score (nSPS) is 10.8. The first-order chi connectivity index (χ1) is 6.20. The van der Waals surface area contributed by atoms with E-state index in [9.17, 15) is 0 Å². The summed E-state index contributed by atoms with van der Waals surface area (Å²) in [6, 6.07) is 0. The standard InChI is InChI=1S/C11H18N2/c1-5-9-11(8(3)4)10(6-2)13-7-12-9/h7-8H,5-6H2,1-4H3. The van der Waals surface area contributed by atoms with Crippen LogP contribution in [0.4, 0.5) is 0 Å². The first-order valence-electron chi connectivity index (χ1n) is 5.03. The van der Waals surface area contributed by atoms with Crippen LogP contribution in [-0.2, 0) is 12.8 Å². The van der Waals surface area contributed by atoms with E-state index in [0.29, 0.717) is 5.92 Å². The van der Waals surface area contributed by atoms with Crippen LogP contribution in [0.5, 0.6) is 0 Å². The minimum absolute atomic E-state index is 0.533. The Hall–Kier alpha value is -0.920. The monoisotopic (exact) mass is 178 g/mol. The highest BCUT2D eigenvalue weighted by Crippen LogP contribution is 2.21. The minimum atomic E-state index is 0.533. The molecule has 1 aromatic heterocycles. The summed E-state index contributed by atoms with van der Waals surface area (Å²) in [4.78, 5) is 8.63. The van der Waals surface area contributed by atoms with Crippen molar-refractivity contribution < 1.29 is 0 Å². The van der Waals surface area contributed by atoms with E-state index in [-0.39, 0.29) is 0 Å². The van der Waals surface area contributed by atoms with Crippen molar-refractivity contribution in [2.75, 3.05) is 0 Å². The first-order valence-corrected chi connectivity index (χ1v) is 5.03. The number of nitrogens with zero attached hydrogens (tertiary/aromatic N) is 2. The van der Waals surface area contributed by atoms with Gasteiger partial charge in [0, 0.05) is 11.4 Å². The third kappa shape index (κ3) is 2.06. The van der Waals surface area contributed by atoms with Crippen LogP contribution in [0, 0.1) is 0 Å². The highest BCUT2D eigenvalue weighted by atomic mass is 14.8.